The normalized spacial score (nSPS) is 11.4. The number of benzene rings is 1. The average Bonchev–Trinajstić information content (AvgIpc) is 2.42. The Kier molecular flexibility index (Phi) is 5.34. The quantitative estimate of drug-likeness (QED) is 0.618. The molecule has 9 heteroatoms. The molecule has 1 rings (SSSR count). The van der Waals surface area contributed by atoms with E-state index in [1.807, 2.05) is 0 Å². The third-order valence-corrected chi connectivity index (χ3v) is 3.00. The van der Waals surface area contributed by atoms with Gasteiger partial charge in [0, 0.05) is 19.2 Å². The van der Waals surface area contributed by atoms with E-state index in [-0.39, 0.29) is 11.8 Å². The molecule has 22 heavy (non-hydrogen) atoms. The molecule has 1 amide bonds. The van der Waals surface area contributed by atoms with Crippen molar-refractivity contribution in [3.63, 3.8) is 0 Å². The number of halogens is 3. The second-order valence-corrected chi connectivity index (χ2v) is 4.82. The summed E-state index contributed by atoms with van der Waals surface area (Å²) in [7, 11) is 1.53. The topological polar surface area (TPSA) is 72.7 Å². The Morgan fingerprint density at radius 1 is 1.41 bits per heavy atom. The first-order valence-corrected chi connectivity index (χ1v) is 6.28. The Bertz CT molecular complexity index is 573. The fraction of sp³-hybridized carbons (Fsp3) is 0.462. The minimum absolute atomic E-state index is 0.0984. The number of amides is 1. The molecule has 122 valence electrons. The Morgan fingerprint density at radius 2 is 2.00 bits per heavy atom. The van der Waals surface area contributed by atoms with Crippen LogP contribution in [0.4, 0.5) is 18.9 Å². The van der Waals surface area contributed by atoms with Crippen molar-refractivity contribution in [3.8, 4) is 5.75 Å². The number of alkyl halides is 3. The number of likely N-dealkylation sites (N-methyl/N-ethyl adjacent to an activating group) is 1. The van der Waals surface area contributed by atoms with E-state index in [2.05, 4.69) is 0 Å². The van der Waals surface area contributed by atoms with Crippen LogP contribution < -0.4 is 4.74 Å². The van der Waals surface area contributed by atoms with Gasteiger partial charge < -0.3 is 9.64 Å². The Labute approximate surface area is 124 Å². The number of hydrogen-bond donors (Lipinski definition) is 0. The van der Waals surface area contributed by atoms with E-state index in [1.165, 1.54) is 11.9 Å². The maximum absolute atomic E-state index is 12.5. The van der Waals surface area contributed by atoms with Gasteiger partial charge in [-0.3, -0.25) is 14.9 Å². The molecule has 0 unspecified atom stereocenters. The van der Waals surface area contributed by atoms with Gasteiger partial charge >= 0.3 is 11.9 Å². The zero-order valence-corrected chi connectivity index (χ0v) is 12.2. The molecule has 0 aliphatic rings. The summed E-state index contributed by atoms with van der Waals surface area (Å²) >= 11 is 0. The molecule has 0 bridgehead atoms. The molecule has 0 radical (unpaired) electrons. The fourth-order valence-corrected chi connectivity index (χ4v) is 1.49. The third kappa shape index (κ3) is 4.34. The fourth-order valence-electron chi connectivity index (χ4n) is 1.49. The molecule has 0 N–H and O–H groups in total. The molecule has 0 fully saturated rings. The van der Waals surface area contributed by atoms with Gasteiger partial charge in [0.15, 0.2) is 12.4 Å². The average molecular weight is 320 g/mol. The number of rotatable bonds is 5. The molecule has 0 heterocycles. The lowest BCUT2D eigenvalue weighted by molar-refractivity contribution is -0.386. The predicted molar refractivity (Wildman–Crippen MR) is 71.5 cm³/mol. The Balaban J connectivity index is 2.96. The molecular formula is C13H15F3N2O4. The molecule has 0 aromatic heterocycles. The van der Waals surface area contributed by atoms with Crippen molar-refractivity contribution >= 4 is 11.6 Å². The number of nitro benzene ring substituents is 1. The number of carbonyl (C=O) groups is 1. The number of nitro groups is 1. The highest BCUT2D eigenvalue weighted by molar-refractivity contribution is 5.77. The molecule has 0 spiro atoms. The van der Waals surface area contributed by atoms with Gasteiger partial charge in [0.1, 0.15) is 0 Å². The first kappa shape index (κ1) is 17.7. The van der Waals surface area contributed by atoms with Crippen LogP contribution >= 0.6 is 0 Å². The summed E-state index contributed by atoms with van der Waals surface area (Å²) in [5.74, 6) is -0.826. The minimum atomic E-state index is -4.70. The van der Waals surface area contributed by atoms with Gasteiger partial charge in [0.2, 0.25) is 0 Å². The number of carbonyl (C=O) groups excluding carboxylic acids is 1. The molecule has 0 aliphatic heterocycles. The highest BCUT2D eigenvalue weighted by Gasteiger charge is 2.33. The zero-order chi connectivity index (χ0) is 17.1. The van der Waals surface area contributed by atoms with Crippen molar-refractivity contribution in [2.45, 2.75) is 26.1 Å². The van der Waals surface area contributed by atoms with Gasteiger partial charge in [0.25, 0.3) is 5.91 Å². The lowest BCUT2D eigenvalue weighted by atomic mass is 10.2. The zero-order valence-electron chi connectivity index (χ0n) is 12.2. The van der Waals surface area contributed by atoms with Gasteiger partial charge in [-0.15, -0.1) is 0 Å². The Morgan fingerprint density at radius 3 is 2.45 bits per heavy atom. The van der Waals surface area contributed by atoms with Crippen LogP contribution in [-0.4, -0.2) is 35.4 Å². The van der Waals surface area contributed by atoms with E-state index in [0.29, 0.717) is 12.1 Å². The number of ether oxygens (including phenoxy) is 1. The van der Waals surface area contributed by atoms with Gasteiger partial charge in [0.05, 0.1) is 10.5 Å². The summed E-state index contributed by atoms with van der Waals surface area (Å²) in [4.78, 5) is 22.9. The van der Waals surface area contributed by atoms with Crippen LogP contribution in [0.3, 0.4) is 0 Å². The van der Waals surface area contributed by atoms with Crippen molar-refractivity contribution in [1.82, 2.24) is 4.90 Å². The van der Waals surface area contributed by atoms with Crippen LogP contribution in [0.1, 0.15) is 19.4 Å². The summed E-state index contributed by atoms with van der Waals surface area (Å²) < 4.78 is 42.6. The molecule has 1 aromatic rings. The molecule has 6 nitrogen and oxygen atoms in total. The van der Waals surface area contributed by atoms with Crippen molar-refractivity contribution < 1.29 is 27.6 Å². The second-order valence-electron chi connectivity index (χ2n) is 4.82. The molecule has 0 aliphatic carbocycles. The summed E-state index contributed by atoms with van der Waals surface area (Å²) in [6.07, 6.45) is -4.70. The largest absolute Gasteiger partial charge is 0.477 e. The van der Waals surface area contributed by atoms with Crippen LogP contribution in [0.15, 0.2) is 18.2 Å². The monoisotopic (exact) mass is 320 g/mol. The Hall–Kier alpha value is -2.32. The van der Waals surface area contributed by atoms with E-state index in [4.69, 9.17) is 4.74 Å². The number of nitrogens with zero attached hydrogens (tertiary/aromatic N) is 2. The van der Waals surface area contributed by atoms with Crippen molar-refractivity contribution in [1.29, 1.82) is 0 Å². The van der Waals surface area contributed by atoms with E-state index in [9.17, 15) is 28.1 Å². The van der Waals surface area contributed by atoms with Gasteiger partial charge in [-0.2, -0.15) is 13.2 Å². The van der Waals surface area contributed by atoms with Crippen LogP contribution in [0, 0.1) is 10.1 Å². The van der Waals surface area contributed by atoms with E-state index < -0.39 is 34.9 Å². The summed E-state index contributed by atoms with van der Waals surface area (Å²) in [6.45, 7) is 3.03. The molecule has 0 saturated carbocycles. The van der Waals surface area contributed by atoms with Gasteiger partial charge in [-0.1, -0.05) is 0 Å². The molecule has 1 aromatic carbocycles. The maximum atomic E-state index is 12.5. The number of hydrogen-bond acceptors (Lipinski definition) is 4. The van der Waals surface area contributed by atoms with Crippen LogP contribution in [-0.2, 0) is 11.0 Å². The van der Waals surface area contributed by atoms with Crippen LogP contribution in [0.2, 0.25) is 0 Å². The smallest absolute Gasteiger partial charge is 0.416 e. The van der Waals surface area contributed by atoms with Crippen molar-refractivity contribution in [2.24, 2.45) is 0 Å². The van der Waals surface area contributed by atoms with Gasteiger partial charge in [-0.25, -0.2) is 0 Å². The van der Waals surface area contributed by atoms with Crippen molar-refractivity contribution in [2.75, 3.05) is 13.7 Å². The van der Waals surface area contributed by atoms with Crippen LogP contribution in [0.5, 0.6) is 5.75 Å². The lowest BCUT2D eigenvalue weighted by Crippen LogP contribution is -2.36. The molecular weight excluding hydrogens is 305 g/mol. The summed E-state index contributed by atoms with van der Waals surface area (Å²) in [5, 5.41) is 10.9. The van der Waals surface area contributed by atoms with E-state index in [1.54, 1.807) is 13.8 Å². The first-order valence-electron chi connectivity index (χ1n) is 6.28. The second kappa shape index (κ2) is 6.63. The lowest BCUT2D eigenvalue weighted by Gasteiger charge is -2.21. The highest BCUT2D eigenvalue weighted by Crippen LogP contribution is 2.35. The third-order valence-electron chi connectivity index (χ3n) is 3.00. The minimum Gasteiger partial charge on any atom is -0.477 e. The standard InChI is InChI=1S/C13H15F3N2O4/c1-8(2)17(3)12(19)7-22-11-5-4-9(13(14,15)16)6-10(11)18(20)21/h4-6,8H,7H2,1-3H3. The maximum Gasteiger partial charge on any atom is 0.416 e. The van der Waals surface area contributed by atoms with Crippen molar-refractivity contribution in [3.05, 3.63) is 33.9 Å². The highest BCUT2D eigenvalue weighted by atomic mass is 19.4. The predicted octanol–water partition coefficient (Wildman–Crippen LogP) is 2.86. The summed E-state index contributed by atoms with van der Waals surface area (Å²) in [6, 6.07) is 1.79. The van der Waals surface area contributed by atoms with Crippen LogP contribution in [0.25, 0.3) is 0 Å². The summed E-state index contributed by atoms with van der Waals surface area (Å²) in [5.41, 5.74) is -1.99. The SMILES string of the molecule is CC(C)N(C)C(=O)COc1ccc(C(F)(F)F)cc1[N+](=O)[O-]. The van der Waals surface area contributed by atoms with Gasteiger partial charge in [-0.05, 0) is 26.0 Å². The first-order chi connectivity index (χ1) is 10.0. The molecule has 0 saturated heterocycles. The van der Waals surface area contributed by atoms with E-state index in [0.717, 1.165) is 6.07 Å². The van der Waals surface area contributed by atoms with E-state index >= 15 is 0 Å². The molecule has 0 atom stereocenters.